The van der Waals surface area contributed by atoms with Crippen LogP contribution in [0.1, 0.15) is 19.6 Å². The zero-order chi connectivity index (χ0) is 9.03. The van der Waals surface area contributed by atoms with E-state index in [2.05, 4.69) is 0 Å². The van der Waals surface area contributed by atoms with Gasteiger partial charge in [0.2, 0.25) is 0 Å². The van der Waals surface area contributed by atoms with Crippen LogP contribution in [-0.2, 0) is 11.3 Å². The summed E-state index contributed by atoms with van der Waals surface area (Å²) in [6.45, 7) is 4.88. The van der Waals surface area contributed by atoms with Crippen LogP contribution >= 0.6 is 0 Å². The highest BCUT2D eigenvalue weighted by Gasteiger charge is 2.10. The molecule has 0 saturated heterocycles. The maximum Gasteiger partial charge on any atom is 0.129 e. The molecule has 12 heavy (non-hydrogen) atoms. The van der Waals surface area contributed by atoms with Crippen molar-refractivity contribution in [2.75, 3.05) is 6.61 Å². The van der Waals surface area contributed by atoms with Gasteiger partial charge in [-0.25, -0.2) is 0 Å². The number of nitrogens with two attached hydrogens (primary N) is 1. The molecule has 0 aliphatic rings. The van der Waals surface area contributed by atoms with Gasteiger partial charge in [-0.2, -0.15) is 0 Å². The molecular weight excluding hydrogens is 154 g/mol. The first-order valence-electron chi connectivity index (χ1n) is 3.97. The van der Waals surface area contributed by atoms with Gasteiger partial charge in [-0.3, -0.25) is 0 Å². The van der Waals surface area contributed by atoms with E-state index in [1.807, 2.05) is 26.0 Å². The number of hydrogen-bond acceptors (Lipinski definition) is 3. The smallest absolute Gasteiger partial charge is 0.129 e. The van der Waals surface area contributed by atoms with Crippen LogP contribution in [0.2, 0.25) is 0 Å². The van der Waals surface area contributed by atoms with Crippen LogP contribution < -0.4 is 5.73 Å². The minimum atomic E-state index is -0.271. The highest BCUT2D eigenvalue weighted by atomic mass is 16.5. The monoisotopic (exact) mass is 169 g/mol. The molecule has 1 aromatic rings. The molecule has 0 spiro atoms. The van der Waals surface area contributed by atoms with Gasteiger partial charge in [-0.05, 0) is 26.0 Å². The summed E-state index contributed by atoms with van der Waals surface area (Å²) in [6.07, 6.45) is 1.63. The fourth-order valence-electron chi connectivity index (χ4n) is 0.809. The molecule has 1 rings (SSSR count). The molecule has 0 amide bonds. The van der Waals surface area contributed by atoms with E-state index < -0.39 is 0 Å². The lowest BCUT2D eigenvalue weighted by Gasteiger charge is -2.17. The lowest BCUT2D eigenvalue weighted by molar-refractivity contribution is 0.0737. The predicted octanol–water partition coefficient (Wildman–Crippen LogP) is 1.53. The zero-order valence-electron chi connectivity index (χ0n) is 7.54. The second-order valence-corrected chi connectivity index (χ2v) is 3.56. The number of ether oxygens (including phenoxy) is 1. The van der Waals surface area contributed by atoms with Crippen LogP contribution in [0.5, 0.6) is 0 Å². The van der Waals surface area contributed by atoms with Gasteiger partial charge in [0.1, 0.15) is 12.4 Å². The van der Waals surface area contributed by atoms with Gasteiger partial charge in [0.15, 0.2) is 0 Å². The molecular formula is C9H15NO2. The van der Waals surface area contributed by atoms with Crippen molar-refractivity contribution in [3.05, 3.63) is 24.2 Å². The van der Waals surface area contributed by atoms with Gasteiger partial charge in [-0.1, -0.05) is 0 Å². The third kappa shape index (κ3) is 3.55. The summed E-state index contributed by atoms with van der Waals surface area (Å²) < 4.78 is 10.4. The van der Waals surface area contributed by atoms with Crippen LogP contribution in [0.25, 0.3) is 0 Å². The summed E-state index contributed by atoms with van der Waals surface area (Å²) in [5.41, 5.74) is 5.45. The minimum Gasteiger partial charge on any atom is -0.467 e. The summed E-state index contributed by atoms with van der Waals surface area (Å²) in [5, 5.41) is 0. The number of furan rings is 1. The molecule has 0 saturated carbocycles. The van der Waals surface area contributed by atoms with Gasteiger partial charge >= 0.3 is 0 Å². The largest absolute Gasteiger partial charge is 0.467 e. The van der Waals surface area contributed by atoms with Crippen molar-refractivity contribution in [2.24, 2.45) is 5.73 Å². The summed E-state index contributed by atoms with van der Waals surface area (Å²) in [7, 11) is 0. The molecule has 0 aliphatic heterocycles. The molecule has 3 nitrogen and oxygen atoms in total. The Morgan fingerprint density at radius 3 is 2.83 bits per heavy atom. The molecule has 0 atom stereocenters. The van der Waals surface area contributed by atoms with Crippen LogP contribution in [-0.4, -0.2) is 12.1 Å². The first kappa shape index (κ1) is 9.29. The molecule has 0 unspecified atom stereocenters. The average Bonchev–Trinajstić information content (AvgIpc) is 2.36. The van der Waals surface area contributed by atoms with Crippen LogP contribution in [0.3, 0.4) is 0 Å². The van der Waals surface area contributed by atoms with Crippen molar-refractivity contribution >= 4 is 0 Å². The molecule has 1 aromatic heterocycles. The Hall–Kier alpha value is -0.800. The second-order valence-electron chi connectivity index (χ2n) is 3.56. The number of hydrogen-bond donors (Lipinski definition) is 1. The number of rotatable bonds is 4. The second kappa shape index (κ2) is 3.74. The van der Waals surface area contributed by atoms with Crippen molar-refractivity contribution in [1.82, 2.24) is 0 Å². The molecule has 3 heteroatoms. The van der Waals surface area contributed by atoms with Gasteiger partial charge < -0.3 is 14.9 Å². The van der Waals surface area contributed by atoms with E-state index in [1.165, 1.54) is 0 Å². The minimum absolute atomic E-state index is 0.271. The Labute approximate surface area is 72.5 Å². The lowest BCUT2D eigenvalue weighted by atomic mass is 10.1. The summed E-state index contributed by atoms with van der Waals surface area (Å²) in [6, 6.07) is 3.72. The normalized spacial score (nSPS) is 11.9. The Balaban J connectivity index is 2.20. The summed E-state index contributed by atoms with van der Waals surface area (Å²) >= 11 is 0. The third-order valence-corrected chi connectivity index (χ3v) is 1.30. The first-order valence-corrected chi connectivity index (χ1v) is 3.97. The van der Waals surface area contributed by atoms with Gasteiger partial charge in [0, 0.05) is 5.54 Å². The van der Waals surface area contributed by atoms with Crippen molar-refractivity contribution in [3.63, 3.8) is 0 Å². The fourth-order valence-corrected chi connectivity index (χ4v) is 0.809. The topological polar surface area (TPSA) is 48.4 Å². The van der Waals surface area contributed by atoms with E-state index >= 15 is 0 Å². The third-order valence-electron chi connectivity index (χ3n) is 1.30. The van der Waals surface area contributed by atoms with Crippen molar-refractivity contribution < 1.29 is 9.15 Å². The Morgan fingerprint density at radius 1 is 1.58 bits per heavy atom. The SMILES string of the molecule is CC(C)(N)COCc1ccco1. The Kier molecular flexibility index (Phi) is 2.89. The molecule has 2 N–H and O–H groups in total. The maximum absolute atomic E-state index is 5.72. The van der Waals surface area contributed by atoms with Crippen LogP contribution in [0.15, 0.2) is 22.8 Å². The fraction of sp³-hybridized carbons (Fsp3) is 0.556. The van der Waals surface area contributed by atoms with E-state index in [1.54, 1.807) is 6.26 Å². The highest BCUT2D eigenvalue weighted by Crippen LogP contribution is 2.04. The van der Waals surface area contributed by atoms with Gasteiger partial charge in [-0.15, -0.1) is 0 Å². The average molecular weight is 169 g/mol. The molecule has 0 fully saturated rings. The lowest BCUT2D eigenvalue weighted by Crippen LogP contribution is -2.37. The summed E-state index contributed by atoms with van der Waals surface area (Å²) in [4.78, 5) is 0. The molecule has 0 aliphatic carbocycles. The molecule has 1 heterocycles. The maximum atomic E-state index is 5.72. The molecule has 0 bridgehead atoms. The van der Waals surface area contributed by atoms with Crippen molar-refractivity contribution in [2.45, 2.75) is 26.0 Å². The molecule has 0 aromatic carbocycles. The summed E-state index contributed by atoms with van der Waals surface area (Å²) in [5.74, 6) is 0.833. The van der Waals surface area contributed by atoms with E-state index in [-0.39, 0.29) is 5.54 Å². The van der Waals surface area contributed by atoms with Crippen molar-refractivity contribution in [3.8, 4) is 0 Å². The molecule has 0 radical (unpaired) electrons. The molecule has 68 valence electrons. The zero-order valence-corrected chi connectivity index (χ0v) is 7.54. The standard InChI is InChI=1S/C9H15NO2/c1-9(2,10)7-11-6-8-4-3-5-12-8/h3-5H,6-7,10H2,1-2H3. The quantitative estimate of drug-likeness (QED) is 0.743. The van der Waals surface area contributed by atoms with Gasteiger partial charge in [0.05, 0.1) is 12.9 Å². The van der Waals surface area contributed by atoms with Crippen LogP contribution in [0, 0.1) is 0 Å². The van der Waals surface area contributed by atoms with E-state index in [4.69, 9.17) is 14.9 Å². The van der Waals surface area contributed by atoms with Gasteiger partial charge in [0.25, 0.3) is 0 Å². The first-order chi connectivity index (χ1) is 5.58. The Bertz CT molecular complexity index is 211. The van der Waals surface area contributed by atoms with E-state index in [9.17, 15) is 0 Å². The van der Waals surface area contributed by atoms with E-state index in [0.717, 1.165) is 5.76 Å². The highest BCUT2D eigenvalue weighted by molar-refractivity contribution is 4.96. The van der Waals surface area contributed by atoms with E-state index in [0.29, 0.717) is 13.2 Å². The predicted molar refractivity (Wildman–Crippen MR) is 46.6 cm³/mol. The van der Waals surface area contributed by atoms with Crippen molar-refractivity contribution in [1.29, 1.82) is 0 Å². The Morgan fingerprint density at radius 2 is 2.33 bits per heavy atom. The van der Waals surface area contributed by atoms with Crippen LogP contribution in [0.4, 0.5) is 0 Å².